The molecule has 1 aromatic heterocycles. The Hall–Kier alpha value is -2.36. The lowest BCUT2D eigenvalue weighted by Gasteiger charge is -1.99. The van der Waals surface area contributed by atoms with Crippen molar-refractivity contribution < 1.29 is 4.79 Å². The van der Waals surface area contributed by atoms with Crippen LogP contribution in [0.25, 0.3) is 6.08 Å². The maximum Gasteiger partial charge on any atom is 0.244 e. The van der Waals surface area contributed by atoms with Gasteiger partial charge in [-0.3, -0.25) is 4.79 Å². The third kappa shape index (κ3) is 4.43. The number of amides is 1. The first-order chi connectivity index (χ1) is 9.24. The molecule has 2 rings (SSSR count). The number of rotatable bonds is 5. The van der Waals surface area contributed by atoms with Crippen LogP contribution in [0.4, 0.5) is 0 Å². The van der Waals surface area contributed by atoms with Crippen molar-refractivity contribution in [3.8, 4) is 0 Å². The second-order valence-corrected chi connectivity index (χ2v) is 4.32. The Morgan fingerprint density at radius 2 is 2.16 bits per heavy atom. The largest absolute Gasteiger partial charge is 0.352 e. The standard InChI is InChI=1S/C15H17N3O/c1-18-11-14(17-12-18)9-10-16-15(19)8-7-13-5-3-2-4-6-13/h2-8,11-12H,9-10H2,1H3,(H,16,19)/b8-7+. The molecule has 19 heavy (non-hydrogen) atoms. The molecular weight excluding hydrogens is 238 g/mol. The van der Waals surface area contributed by atoms with Gasteiger partial charge in [0.1, 0.15) is 0 Å². The van der Waals surface area contributed by atoms with Gasteiger partial charge in [0.25, 0.3) is 0 Å². The van der Waals surface area contributed by atoms with Gasteiger partial charge in [-0.25, -0.2) is 4.98 Å². The first-order valence-electron chi connectivity index (χ1n) is 6.22. The molecular formula is C15H17N3O. The first kappa shape index (κ1) is 13.1. The molecule has 1 heterocycles. The summed E-state index contributed by atoms with van der Waals surface area (Å²) in [6.45, 7) is 0.592. The molecule has 0 saturated heterocycles. The minimum Gasteiger partial charge on any atom is -0.352 e. The number of aromatic nitrogens is 2. The zero-order chi connectivity index (χ0) is 13.5. The van der Waals surface area contributed by atoms with Crippen molar-refractivity contribution in [3.05, 3.63) is 60.2 Å². The van der Waals surface area contributed by atoms with Crippen LogP contribution in [0.15, 0.2) is 48.9 Å². The molecule has 0 aliphatic rings. The zero-order valence-electron chi connectivity index (χ0n) is 10.9. The van der Waals surface area contributed by atoms with Crippen LogP contribution in [-0.2, 0) is 18.3 Å². The van der Waals surface area contributed by atoms with Crippen molar-refractivity contribution in [1.82, 2.24) is 14.9 Å². The van der Waals surface area contributed by atoms with E-state index in [-0.39, 0.29) is 5.91 Å². The van der Waals surface area contributed by atoms with E-state index in [1.807, 2.05) is 48.1 Å². The van der Waals surface area contributed by atoms with Crippen LogP contribution in [0.5, 0.6) is 0 Å². The Bertz CT molecular complexity index is 558. The highest BCUT2D eigenvalue weighted by molar-refractivity contribution is 5.91. The molecule has 0 radical (unpaired) electrons. The third-order valence-electron chi connectivity index (χ3n) is 2.67. The van der Waals surface area contributed by atoms with Gasteiger partial charge in [-0.2, -0.15) is 0 Å². The highest BCUT2D eigenvalue weighted by atomic mass is 16.1. The van der Waals surface area contributed by atoms with Gasteiger partial charge in [-0.05, 0) is 11.6 Å². The molecule has 0 bridgehead atoms. The molecule has 2 aromatic rings. The monoisotopic (exact) mass is 255 g/mol. The fourth-order valence-corrected chi connectivity index (χ4v) is 1.70. The number of aryl methyl sites for hydroxylation is 1. The number of imidazole rings is 1. The van der Waals surface area contributed by atoms with Crippen molar-refractivity contribution in [2.45, 2.75) is 6.42 Å². The summed E-state index contributed by atoms with van der Waals surface area (Å²) in [5, 5.41) is 2.84. The van der Waals surface area contributed by atoms with Gasteiger partial charge in [-0.1, -0.05) is 30.3 Å². The predicted molar refractivity (Wildman–Crippen MR) is 75.4 cm³/mol. The van der Waals surface area contributed by atoms with E-state index < -0.39 is 0 Å². The van der Waals surface area contributed by atoms with Gasteiger partial charge in [0.15, 0.2) is 0 Å². The summed E-state index contributed by atoms with van der Waals surface area (Å²) in [4.78, 5) is 15.8. The van der Waals surface area contributed by atoms with E-state index >= 15 is 0 Å². The van der Waals surface area contributed by atoms with Gasteiger partial charge in [0.05, 0.1) is 12.0 Å². The third-order valence-corrected chi connectivity index (χ3v) is 2.67. The van der Waals surface area contributed by atoms with E-state index in [1.54, 1.807) is 18.5 Å². The lowest BCUT2D eigenvalue weighted by atomic mass is 10.2. The second kappa shape index (κ2) is 6.54. The lowest BCUT2D eigenvalue weighted by Crippen LogP contribution is -2.23. The summed E-state index contributed by atoms with van der Waals surface area (Å²) < 4.78 is 1.90. The summed E-state index contributed by atoms with van der Waals surface area (Å²) in [7, 11) is 1.93. The fourth-order valence-electron chi connectivity index (χ4n) is 1.70. The fraction of sp³-hybridized carbons (Fsp3) is 0.200. The van der Waals surface area contributed by atoms with Crippen LogP contribution in [0.3, 0.4) is 0 Å². The molecule has 4 nitrogen and oxygen atoms in total. The Kier molecular flexibility index (Phi) is 4.50. The van der Waals surface area contributed by atoms with Crippen LogP contribution in [0, 0.1) is 0 Å². The lowest BCUT2D eigenvalue weighted by molar-refractivity contribution is -0.116. The highest BCUT2D eigenvalue weighted by Gasteiger charge is 1.98. The molecule has 0 spiro atoms. The molecule has 0 aliphatic carbocycles. The van der Waals surface area contributed by atoms with Crippen LogP contribution >= 0.6 is 0 Å². The Balaban J connectivity index is 1.74. The molecule has 98 valence electrons. The Labute approximate surface area is 112 Å². The van der Waals surface area contributed by atoms with E-state index in [0.717, 1.165) is 17.7 Å². The highest BCUT2D eigenvalue weighted by Crippen LogP contribution is 2.00. The van der Waals surface area contributed by atoms with Gasteiger partial charge in [0, 0.05) is 32.3 Å². The van der Waals surface area contributed by atoms with Gasteiger partial charge in [-0.15, -0.1) is 0 Å². The second-order valence-electron chi connectivity index (χ2n) is 4.32. The maximum atomic E-state index is 11.6. The smallest absolute Gasteiger partial charge is 0.244 e. The molecule has 1 N–H and O–H groups in total. The van der Waals surface area contributed by atoms with Crippen molar-refractivity contribution in [2.24, 2.45) is 7.05 Å². The minimum atomic E-state index is -0.0835. The normalized spacial score (nSPS) is 10.8. The number of carbonyl (C=O) groups is 1. The van der Waals surface area contributed by atoms with Crippen molar-refractivity contribution in [3.63, 3.8) is 0 Å². The zero-order valence-corrected chi connectivity index (χ0v) is 10.9. The first-order valence-corrected chi connectivity index (χ1v) is 6.22. The average molecular weight is 255 g/mol. The van der Waals surface area contributed by atoms with E-state index in [0.29, 0.717) is 6.54 Å². The maximum absolute atomic E-state index is 11.6. The van der Waals surface area contributed by atoms with E-state index in [2.05, 4.69) is 10.3 Å². The molecule has 0 atom stereocenters. The molecule has 0 fully saturated rings. The Morgan fingerprint density at radius 3 is 2.84 bits per heavy atom. The van der Waals surface area contributed by atoms with Gasteiger partial charge in [0.2, 0.25) is 5.91 Å². The predicted octanol–water partition coefficient (Wildman–Crippen LogP) is 1.79. The molecule has 0 aliphatic heterocycles. The number of nitrogens with zero attached hydrogens (tertiary/aromatic N) is 2. The van der Waals surface area contributed by atoms with E-state index in [1.165, 1.54) is 0 Å². The Morgan fingerprint density at radius 1 is 1.37 bits per heavy atom. The van der Waals surface area contributed by atoms with E-state index in [4.69, 9.17) is 0 Å². The summed E-state index contributed by atoms with van der Waals surface area (Å²) >= 11 is 0. The number of carbonyl (C=O) groups excluding carboxylic acids is 1. The summed E-state index contributed by atoms with van der Waals surface area (Å²) in [6.07, 6.45) is 7.80. The quantitative estimate of drug-likeness (QED) is 0.828. The van der Waals surface area contributed by atoms with Gasteiger partial charge < -0.3 is 9.88 Å². The SMILES string of the molecule is Cn1cnc(CCNC(=O)/C=C/c2ccccc2)c1. The van der Waals surface area contributed by atoms with Crippen LogP contribution in [0.1, 0.15) is 11.3 Å². The number of hydrogen-bond donors (Lipinski definition) is 1. The number of hydrogen-bond acceptors (Lipinski definition) is 2. The van der Waals surface area contributed by atoms with Crippen LogP contribution in [0.2, 0.25) is 0 Å². The summed E-state index contributed by atoms with van der Waals surface area (Å²) in [5.41, 5.74) is 2.00. The molecule has 1 aromatic carbocycles. The van der Waals surface area contributed by atoms with Crippen molar-refractivity contribution in [1.29, 1.82) is 0 Å². The average Bonchev–Trinajstić information content (AvgIpc) is 2.83. The molecule has 1 amide bonds. The number of nitrogens with one attached hydrogen (secondary N) is 1. The molecule has 0 unspecified atom stereocenters. The minimum absolute atomic E-state index is 0.0835. The molecule has 4 heteroatoms. The van der Waals surface area contributed by atoms with Crippen molar-refractivity contribution >= 4 is 12.0 Å². The van der Waals surface area contributed by atoms with Crippen LogP contribution in [-0.4, -0.2) is 22.0 Å². The summed E-state index contributed by atoms with van der Waals surface area (Å²) in [6, 6.07) is 9.75. The van der Waals surface area contributed by atoms with Crippen LogP contribution < -0.4 is 5.32 Å². The number of benzene rings is 1. The summed E-state index contributed by atoms with van der Waals surface area (Å²) in [5.74, 6) is -0.0835. The van der Waals surface area contributed by atoms with Gasteiger partial charge >= 0.3 is 0 Å². The molecule has 0 saturated carbocycles. The topological polar surface area (TPSA) is 46.9 Å². The van der Waals surface area contributed by atoms with Crippen molar-refractivity contribution in [2.75, 3.05) is 6.54 Å². The van der Waals surface area contributed by atoms with E-state index in [9.17, 15) is 4.79 Å².